The maximum absolute atomic E-state index is 5.34. The maximum Gasteiger partial charge on any atom is 0.193 e. The third-order valence-electron chi connectivity index (χ3n) is 4.90. The molecule has 0 spiro atoms. The normalized spacial score (nSPS) is 22.2. The molecule has 1 aromatic rings. The van der Waals surface area contributed by atoms with Gasteiger partial charge in [-0.2, -0.15) is 0 Å². The molecule has 3 unspecified atom stereocenters. The van der Waals surface area contributed by atoms with Gasteiger partial charge in [0.25, 0.3) is 0 Å². The van der Waals surface area contributed by atoms with Crippen molar-refractivity contribution in [3.05, 3.63) is 16.1 Å². The Kier molecular flexibility index (Phi) is 11.1. The summed E-state index contributed by atoms with van der Waals surface area (Å²) in [5, 5.41) is 6.62. The van der Waals surface area contributed by atoms with E-state index >= 15 is 0 Å². The quantitative estimate of drug-likeness (QED) is 0.347. The second-order valence-corrected chi connectivity index (χ2v) is 8.48. The lowest BCUT2D eigenvalue weighted by atomic mass is 9.92. The number of aliphatic imine (C=N–C) groups is 1. The molecule has 0 radical (unpaired) electrons. The van der Waals surface area contributed by atoms with Crippen LogP contribution in [-0.4, -0.2) is 68.1 Å². The number of thiazole rings is 1. The van der Waals surface area contributed by atoms with Gasteiger partial charge in [-0.15, -0.1) is 35.3 Å². The van der Waals surface area contributed by atoms with Crippen LogP contribution in [0.15, 0.2) is 10.4 Å². The topological polar surface area (TPSA) is 53.0 Å². The number of hydrogen-bond donors (Lipinski definition) is 1. The molecular formula is C19H36IN5OS. The van der Waals surface area contributed by atoms with Gasteiger partial charge in [-0.1, -0.05) is 13.8 Å². The lowest BCUT2D eigenvalue weighted by molar-refractivity contribution is 0.119. The van der Waals surface area contributed by atoms with E-state index in [1.807, 2.05) is 14.0 Å². The standard InChI is InChI=1S/C19H35N5OS.HI/c1-14-9-15(2)11-24(10-14)8-7-21-19(20-4)23(5)12-17-13-26-18(22-17)16(3)25-6;/h13-16H,7-12H2,1-6H3,(H,20,21);1H. The molecule has 2 rings (SSSR count). The molecule has 6 nitrogen and oxygen atoms in total. The number of nitrogens with one attached hydrogen (secondary N) is 1. The summed E-state index contributed by atoms with van der Waals surface area (Å²) >= 11 is 1.65. The van der Waals surface area contributed by atoms with Gasteiger partial charge < -0.3 is 19.9 Å². The largest absolute Gasteiger partial charge is 0.375 e. The van der Waals surface area contributed by atoms with Gasteiger partial charge in [-0.3, -0.25) is 4.99 Å². The summed E-state index contributed by atoms with van der Waals surface area (Å²) < 4.78 is 5.34. The minimum absolute atomic E-state index is 0. The van der Waals surface area contributed by atoms with Crippen LogP contribution in [-0.2, 0) is 11.3 Å². The summed E-state index contributed by atoms with van der Waals surface area (Å²) in [5.41, 5.74) is 1.05. The van der Waals surface area contributed by atoms with Crippen LogP contribution in [0.3, 0.4) is 0 Å². The first-order valence-corrected chi connectivity index (χ1v) is 10.4. The monoisotopic (exact) mass is 509 g/mol. The summed E-state index contributed by atoms with van der Waals surface area (Å²) in [4.78, 5) is 13.8. The third kappa shape index (κ3) is 7.83. The van der Waals surface area contributed by atoms with Crippen molar-refractivity contribution in [3.63, 3.8) is 0 Å². The second-order valence-electron chi connectivity index (χ2n) is 7.59. The second kappa shape index (κ2) is 12.2. The molecule has 27 heavy (non-hydrogen) atoms. The number of rotatable bonds is 7. The van der Waals surface area contributed by atoms with Gasteiger partial charge in [0.1, 0.15) is 11.1 Å². The molecule has 1 aromatic heterocycles. The van der Waals surface area contributed by atoms with Crippen LogP contribution in [0.2, 0.25) is 0 Å². The van der Waals surface area contributed by atoms with Crippen molar-refractivity contribution in [3.8, 4) is 0 Å². The first-order chi connectivity index (χ1) is 12.4. The Balaban J connectivity index is 0.00000364. The SMILES string of the molecule is CN=C(NCCN1CC(C)CC(C)C1)N(C)Cc1csc(C(C)OC)n1.I. The van der Waals surface area contributed by atoms with Crippen LogP contribution in [0.4, 0.5) is 0 Å². The molecular weight excluding hydrogens is 473 g/mol. The van der Waals surface area contributed by atoms with E-state index in [2.05, 4.69) is 51.4 Å². The number of hydrogen-bond acceptors (Lipinski definition) is 5. The molecule has 0 aromatic carbocycles. The number of ether oxygens (including phenoxy) is 1. The zero-order valence-corrected chi connectivity index (χ0v) is 20.7. The molecule has 2 heterocycles. The highest BCUT2D eigenvalue weighted by molar-refractivity contribution is 14.0. The molecule has 0 aliphatic carbocycles. The third-order valence-corrected chi connectivity index (χ3v) is 5.95. The number of piperidine rings is 1. The van der Waals surface area contributed by atoms with Crippen LogP contribution in [0.5, 0.6) is 0 Å². The average Bonchev–Trinajstić information content (AvgIpc) is 3.05. The first-order valence-electron chi connectivity index (χ1n) is 9.54. The molecule has 0 bridgehead atoms. The van der Waals surface area contributed by atoms with Crippen molar-refractivity contribution in [1.82, 2.24) is 20.1 Å². The first kappa shape index (κ1) is 24.6. The molecule has 156 valence electrons. The average molecular weight is 510 g/mol. The molecule has 1 aliphatic heterocycles. The van der Waals surface area contributed by atoms with Crippen LogP contribution in [0.1, 0.15) is 44.0 Å². The van der Waals surface area contributed by atoms with Gasteiger partial charge in [0, 0.05) is 52.8 Å². The zero-order chi connectivity index (χ0) is 19.1. The van der Waals surface area contributed by atoms with Gasteiger partial charge in [-0.25, -0.2) is 4.98 Å². The van der Waals surface area contributed by atoms with Gasteiger partial charge in [-0.05, 0) is 25.2 Å². The van der Waals surface area contributed by atoms with Crippen molar-refractivity contribution >= 4 is 41.3 Å². The van der Waals surface area contributed by atoms with E-state index in [0.29, 0.717) is 0 Å². The molecule has 1 fully saturated rings. The highest BCUT2D eigenvalue weighted by Crippen LogP contribution is 2.21. The van der Waals surface area contributed by atoms with E-state index in [9.17, 15) is 0 Å². The molecule has 0 amide bonds. The smallest absolute Gasteiger partial charge is 0.193 e. The fraction of sp³-hybridized carbons (Fsp3) is 0.789. The molecule has 1 aliphatic rings. The molecule has 1 saturated heterocycles. The van der Waals surface area contributed by atoms with E-state index in [-0.39, 0.29) is 30.1 Å². The minimum Gasteiger partial charge on any atom is -0.375 e. The van der Waals surface area contributed by atoms with Crippen molar-refractivity contribution in [2.75, 3.05) is 47.4 Å². The number of halogens is 1. The Morgan fingerprint density at radius 2 is 2.11 bits per heavy atom. The maximum atomic E-state index is 5.34. The van der Waals surface area contributed by atoms with Gasteiger partial charge in [0.05, 0.1) is 12.2 Å². The Labute approximate surface area is 185 Å². The predicted molar refractivity (Wildman–Crippen MR) is 125 cm³/mol. The highest BCUT2D eigenvalue weighted by Gasteiger charge is 2.21. The Hall–Kier alpha value is -0.450. The zero-order valence-electron chi connectivity index (χ0n) is 17.6. The Bertz CT molecular complexity index is 572. The van der Waals surface area contributed by atoms with Crippen LogP contribution < -0.4 is 5.32 Å². The van der Waals surface area contributed by atoms with Gasteiger partial charge in [0.15, 0.2) is 5.96 Å². The highest BCUT2D eigenvalue weighted by atomic mass is 127. The summed E-state index contributed by atoms with van der Waals surface area (Å²) in [6.45, 7) is 11.9. The van der Waals surface area contributed by atoms with E-state index in [1.165, 1.54) is 19.5 Å². The van der Waals surface area contributed by atoms with Crippen molar-refractivity contribution < 1.29 is 4.74 Å². The predicted octanol–water partition coefficient (Wildman–Crippen LogP) is 3.45. The van der Waals surface area contributed by atoms with Crippen LogP contribution >= 0.6 is 35.3 Å². The number of methoxy groups -OCH3 is 1. The molecule has 1 N–H and O–H groups in total. The van der Waals surface area contributed by atoms with Gasteiger partial charge >= 0.3 is 0 Å². The van der Waals surface area contributed by atoms with Crippen molar-refractivity contribution in [2.45, 2.75) is 39.8 Å². The van der Waals surface area contributed by atoms with Crippen LogP contribution in [0, 0.1) is 11.8 Å². The number of guanidine groups is 1. The fourth-order valence-electron chi connectivity index (χ4n) is 3.69. The van der Waals surface area contributed by atoms with E-state index in [1.54, 1.807) is 18.4 Å². The number of likely N-dealkylation sites (tertiary alicyclic amines) is 1. The van der Waals surface area contributed by atoms with Gasteiger partial charge in [0.2, 0.25) is 0 Å². The fourth-order valence-corrected chi connectivity index (χ4v) is 4.53. The summed E-state index contributed by atoms with van der Waals surface area (Å²) in [6, 6.07) is 0. The lowest BCUT2D eigenvalue weighted by Gasteiger charge is -2.35. The van der Waals surface area contributed by atoms with E-state index in [4.69, 9.17) is 4.74 Å². The summed E-state index contributed by atoms with van der Waals surface area (Å²) in [6.07, 6.45) is 1.40. The van der Waals surface area contributed by atoms with E-state index < -0.39 is 0 Å². The number of nitrogens with zero attached hydrogens (tertiary/aromatic N) is 4. The summed E-state index contributed by atoms with van der Waals surface area (Å²) in [5.74, 6) is 2.51. The van der Waals surface area contributed by atoms with Crippen molar-refractivity contribution in [2.24, 2.45) is 16.8 Å². The Morgan fingerprint density at radius 3 is 2.70 bits per heavy atom. The van der Waals surface area contributed by atoms with Crippen LogP contribution in [0.25, 0.3) is 0 Å². The van der Waals surface area contributed by atoms with Crippen molar-refractivity contribution in [1.29, 1.82) is 0 Å². The molecule has 8 heteroatoms. The number of aromatic nitrogens is 1. The molecule has 0 saturated carbocycles. The molecule has 3 atom stereocenters. The minimum atomic E-state index is 0. The Morgan fingerprint density at radius 1 is 1.44 bits per heavy atom. The summed E-state index contributed by atoms with van der Waals surface area (Å²) in [7, 11) is 5.61. The van der Waals surface area contributed by atoms with E-state index in [0.717, 1.165) is 48.1 Å². The lowest BCUT2D eigenvalue weighted by Crippen LogP contribution is -2.45.